The first-order chi connectivity index (χ1) is 13.9. The van der Waals surface area contributed by atoms with Gasteiger partial charge in [-0.2, -0.15) is 4.31 Å². The van der Waals surface area contributed by atoms with Crippen molar-refractivity contribution < 1.29 is 13.2 Å². The maximum atomic E-state index is 13.1. The van der Waals surface area contributed by atoms with Crippen LogP contribution in [-0.4, -0.2) is 49.7 Å². The molecule has 1 amide bonds. The average molecular weight is 431 g/mol. The Morgan fingerprint density at radius 2 is 1.55 bits per heavy atom. The van der Waals surface area contributed by atoms with Gasteiger partial charge in [-0.15, -0.1) is 0 Å². The number of carbonyl (C=O) groups excluding carboxylic acids is 1. The van der Waals surface area contributed by atoms with Crippen LogP contribution in [0.5, 0.6) is 0 Å². The van der Waals surface area contributed by atoms with Crippen molar-refractivity contribution in [2.24, 2.45) is 0 Å². The fraction of sp³-hybridized carbons (Fsp3) is 0.318. The number of nitrogens with zero attached hydrogens (tertiary/aromatic N) is 2. The second-order valence-corrected chi connectivity index (χ2v) is 9.79. The van der Waals surface area contributed by atoms with Crippen LogP contribution in [0.25, 0.3) is 6.08 Å². The zero-order valence-corrected chi connectivity index (χ0v) is 17.6. The number of hydrogen-bond acceptors (Lipinski definition) is 3. The molecule has 1 aliphatic heterocycles. The molecule has 1 saturated carbocycles. The molecule has 2 fully saturated rings. The summed E-state index contributed by atoms with van der Waals surface area (Å²) in [6.45, 7) is 1.44. The van der Waals surface area contributed by atoms with Crippen LogP contribution < -0.4 is 0 Å². The van der Waals surface area contributed by atoms with Gasteiger partial charge in [-0.1, -0.05) is 54.1 Å². The highest BCUT2D eigenvalue weighted by molar-refractivity contribution is 7.92. The summed E-state index contributed by atoms with van der Waals surface area (Å²) in [5.74, 6) is 0.0942. The van der Waals surface area contributed by atoms with Crippen LogP contribution in [0.2, 0.25) is 5.02 Å². The summed E-state index contributed by atoms with van der Waals surface area (Å²) in [6.07, 6.45) is 3.25. The highest BCUT2D eigenvalue weighted by Crippen LogP contribution is 2.49. The molecule has 1 heterocycles. The highest BCUT2D eigenvalue weighted by Gasteiger charge is 2.53. The van der Waals surface area contributed by atoms with Gasteiger partial charge in [0, 0.05) is 36.6 Å². The molecule has 0 spiro atoms. The minimum atomic E-state index is -3.51. The normalized spacial score (nSPS) is 19.4. The standard InChI is InChI=1S/C22H23ClN2O3S/c23-20-8-6-19(7-9-20)22(11-12-22)21(26)24-13-15-25(16-14-24)29(27,28)17-10-18-4-2-1-3-5-18/h1-10,17H,11-16H2/b17-10+. The van der Waals surface area contributed by atoms with Crippen molar-refractivity contribution in [3.63, 3.8) is 0 Å². The molecular weight excluding hydrogens is 408 g/mol. The van der Waals surface area contributed by atoms with Crippen molar-refractivity contribution in [1.29, 1.82) is 0 Å². The molecule has 4 rings (SSSR count). The van der Waals surface area contributed by atoms with Crippen molar-refractivity contribution >= 4 is 33.6 Å². The van der Waals surface area contributed by atoms with E-state index in [0.29, 0.717) is 31.2 Å². The number of halogens is 1. The molecule has 2 aliphatic rings. The highest BCUT2D eigenvalue weighted by atomic mass is 35.5. The molecule has 2 aromatic carbocycles. The van der Waals surface area contributed by atoms with Gasteiger partial charge in [0.1, 0.15) is 0 Å². The Hall–Kier alpha value is -2.15. The lowest BCUT2D eigenvalue weighted by atomic mass is 9.94. The summed E-state index contributed by atoms with van der Waals surface area (Å²) in [6, 6.07) is 16.8. The summed E-state index contributed by atoms with van der Waals surface area (Å²) < 4.78 is 26.7. The van der Waals surface area contributed by atoms with Gasteiger partial charge >= 0.3 is 0 Å². The van der Waals surface area contributed by atoms with Crippen LogP contribution in [0.4, 0.5) is 0 Å². The van der Waals surface area contributed by atoms with Crippen LogP contribution in [-0.2, 0) is 20.2 Å². The molecule has 1 saturated heterocycles. The third-order valence-electron chi connectivity index (χ3n) is 5.67. The zero-order valence-electron chi connectivity index (χ0n) is 16.0. The molecule has 152 valence electrons. The number of sulfonamides is 1. The van der Waals surface area contributed by atoms with Crippen LogP contribution in [0.3, 0.4) is 0 Å². The van der Waals surface area contributed by atoms with Gasteiger partial charge in [0.05, 0.1) is 5.41 Å². The molecular formula is C22H23ClN2O3S. The third-order valence-corrected chi connectivity index (χ3v) is 7.49. The van der Waals surface area contributed by atoms with E-state index in [0.717, 1.165) is 24.0 Å². The van der Waals surface area contributed by atoms with E-state index in [1.807, 2.05) is 54.6 Å². The lowest BCUT2D eigenvalue weighted by molar-refractivity contribution is -0.135. The minimum absolute atomic E-state index is 0.0942. The number of hydrogen-bond donors (Lipinski definition) is 0. The first-order valence-corrected chi connectivity index (χ1v) is 11.6. The zero-order chi connectivity index (χ0) is 20.5. The van der Waals surface area contributed by atoms with E-state index < -0.39 is 15.4 Å². The van der Waals surface area contributed by atoms with E-state index >= 15 is 0 Å². The SMILES string of the molecule is O=C(N1CCN(S(=O)(=O)/C=C/c2ccccc2)CC1)C1(c2ccc(Cl)cc2)CC1. The Morgan fingerprint density at radius 3 is 2.14 bits per heavy atom. The molecule has 1 aliphatic carbocycles. The molecule has 0 unspecified atom stereocenters. The summed E-state index contributed by atoms with van der Waals surface area (Å²) in [7, 11) is -3.51. The fourth-order valence-corrected chi connectivity index (χ4v) is 5.08. The van der Waals surface area contributed by atoms with E-state index in [1.54, 1.807) is 11.0 Å². The van der Waals surface area contributed by atoms with Crippen LogP contribution in [0, 0.1) is 0 Å². The van der Waals surface area contributed by atoms with Crippen LogP contribution in [0.1, 0.15) is 24.0 Å². The molecule has 0 bridgehead atoms. The maximum Gasteiger partial charge on any atom is 0.236 e. The van der Waals surface area contributed by atoms with Crippen molar-refractivity contribution in [2.75, 3.05) is 26.2 Å². The van der Waals surface area contributed by atoms with Gasteiger partial charge < -0.3 is 4.90 Å². The predicted octanol–water partition coefficient (Wildman–Crippen LogP) is 3.52. The molecule has 2 aromatic rings. The van der Waals surface area contributed by atoms with E-state index in [4.69, 9.17) is 11.6 Å². The summed E-state index contributed by atoms with van der Waals surface area (Å²) in [5.41, 5.74) is 1.37. The maximum absolute atomic E-state index is 13.1. The number of amides is 1. The largest absolute Gasteiger partial charge is 0.339 e. The Balaban J connectivity index is 1.39. The third kappa shape index (κ3) is 4.25. The van der Waals surface area contributed by atoms with Gasteiger partial charge in [0.25, 0.3) is 0 Å². The van der Waals surface area contributed by atoms with Crippen LogP contribution >= 0.6 is 11.6 Å². The van der Waals surface area contributed by atoms with Crippen molar-refractivity contribution in [3.05, 3.63) is 76.2 Å². The summed E-state index contributed by atoms with van der Waals surface area (Å²) in [4.78, 5) is 14.9. The first-order valence-electron chi connectivity index (χ1n) is 9.69. The number of carbonyl (C=O) groups is 1. The van der Waals surface area contributed by atoms with E-state index in [9.17, 15) is 13.2 Å². The van der Waals surface area contributed by atoms with E-state index in [-0.39, 0.29) is 5.91 Å². The molecule has 0 atom stereocenters. The van der Waals surface area contributed by atoms with Crippen molar-refractivity contribution in [1.82, 2.24) is 9.21 Å². The van der Waals surface area contributed by atoms with Gasteiger partial charge in [0.2, 0.25) is 15.9 Å². The summed E-state index contributed by atoms with van der Waals surface area (Å²) >= 11 is 5.97. The molecule has 5 nitrogen and oxygen atoms in total. The smallest absolute Gasteiger partial charge is 0.236 e. The fourth-order valence-electron chi connectivity index (χ4n) is 3.78. The Morgan fingerprint density at radius 1 is 0.931 bits per heavy atom. The topological polar surface area (TPSA) is 57.7 Å². The lowest BCUT2D eigenvalue weighted by Gasteiger charge is -2.35. The minimum Gasteiger partial charge on any atom is -0.339 e. The monoisotopic (exact) mass is 430 g/mol. The number of piperazine rings is 1. The van der Waals surface area contributed by atoms with Gasteiger partial charge in [-0.3, -0.25) is 4.79 Å². The number of rotatable bonds is 5. The lowest BCUT2D eigenvalue weighted by Crippen LogP contribution is -2.52. The van der Waals surface area contributed by atoms with Crippen molar-refractivity contribution in [2.45, 2.75) is 18.3 Å². The molecule has 0 aromatic heterocycles. The average Bonchev–Trinajstić information content (AvgIpc) is 3.55. The van der Waals surface area contributed by atoms with Gasteiger partial charge in [-0.05, 0) is 42.2 Å². The Kier molecular flexibility index (Phi) is 5.51. The second kappa shape index (κ2) is 7.94. The molecule has 0 radical (unpaired) electrons. The Bertz CT molecular complexity index is 1010. The first kappa shape index (κ1) is 20.1. The number of benzene rings is 2. The molecule has 0 N–H and O–H groups in total. The quantitative estimate of drug-likeness (QED) is 0.729. The van der Waals surface area contributed by atoms with Crippen LogP contribution in [0.15, 0.2) is 60.0 Å². The molecule has 29 heavy (non-hydrogen) atoms. The van der Waals surface area contributed by atoms with E-state index in [1.165, 1.54) is 9.71 Å². The van der Waals surface area contributed by atoms with Crippen molar-refractivity contribution in [3.8, 4) is 0 Å². The van der Waals surface area contributed by atoms with Gasteiger partial charge in [0.15, 0.2) is 0 Å². The second-order valence-electron chi connectivity index (χ2n) is 7.54. The Labute approximate surface area is 176 Å². The predicted molar refractivity (Wildman–Crippen MR) is 115 cm³/mol. The molecule has 7 heteroatoms. The van der Waals surface area contributed by atoms with E-state index in [2.05, 4.69) is 0 Å². The van der Waals surface area contributed by atoms with Gasteiger partial charge in [-0.25, -0.2) is 8.42 Å². The summed E-state index contributed by atoms with van der Waals surface area (Å²) in [5, 5.41) is 1.90.